The van der Waals surface area contributed by atoms with Gasteiger partial charge in [0.2, 0.25) is 0 Å². The van der Waals surface area contributed by atoms with Crippen LogP contribution in [0.5, 0.6) is 0 Å². The molecule has 1 aliphatic heterocycles. The van der Waals surface area contributed by atoms with Crippen molar-refractivity contribution in [3.8, 4) is 5.69 Å². The summed E-state index contributed by atoms with van der Waals surface area (Å²) in [6, 6.07) is 18.4. The number of nitrogens with zero attached hydrogens (tertiary/aromatic N) is 3. The summed E-state index contributed by atoms with van der Waals surface area (Å²) in [5.41, 5.74) is 3.04. The summed E-state index contributed by atoms with van der Waals surface area (Å²) in [6.07, 6.45) is 7.36. The average molecular weight is 360 g/mol. The van der Waals surface area contributed by atoms with Gasteiger partial charge in [-0.1, -0.05) is 30.3 Å². The van der Waals surface area contributed by atoms with E-state index in [1.165, 1.54) is 5.56 Å². The van der Waals surface area contributed by atoms with Crippen LogP contribution in [-0.4, -0.2) is 39.5 Å². The number of carbonyl (C=O) groups is 1. The zero-order valence-electron chi connectivity index (χ0n) is 15.3. The molecule has 1 aliphatic rings. The van der Waals surface area contributed by atoms with Crippen molar-refractivity contribution in [1.29, 1.82) is 0 Å². The van der Waals surface area contributed by atoms with Gasteiger partial charge in [0.25, 0.3) is 5.91 Å². The Hall–Kier alpha value is -2.92. The standard InChI is InChI=1S/C22H24N4O/c27-22(19-6-8-21(9-7-19)26-15-12-23-17-26)24-20-10-13-25(14-11-20)16-18-4-2-1-3-5-18/h1-9,12,15,17,20H,10-11,13-14,16H2,(H,24,27). The number of amides is 1. The number of nitrogens with one attached hydrogen (secondary N) is 1. The zero-order valence-corrected chi connectivity index (χ0v) is 15.3. The lowest BCUT2D eigenvalue weighted by molar-refractivity contribution is 0.0909. The maximum Gasteiger partial charge on any atom is 0.251 e. The van der Waals surface area contributed by atoms with Gasteiger partial charge >= 0.3 is 0 Å². The van der Waals surface area contributed by atoms with E-state index in [1.54, 1.807) is 12.5 Å². The average Bonchev–Trinajstić information content (AvgIpc) is 3.25. The number of likely N-dealkylation sites (tertiary alicyclic amines) is 1. The third-order valence-corrected chi connectivity index (χ3v) is 5.10. The van der Waals surface area contributed by atoms with Crippen molar-refractivity contribution in [2.24, 2.45) is 0 Å². The van der Waals surface area contributed by atoms with Crippen molar-refractivity contribution in [2.45, 2.75) is 25.4 Å². The highest BCUT2D eigenvalue weighted by Crippen LogP contribution is 2.15. The van der Waals surface area contributed by atoms with E-state index < -0.39 is 0 Å². The molecule has 1 fully saturated rings. The Labute approximate surface area is 159 Å². The number of carbonyl (C=O) groups excluding carboxylic acids is 1. The quantitative estimate of drug-likeness (QED) is 0.760. The Morgan fingerprint density at radius 2 is 1.78 bits per heavy atom. The third-order valence-electron chi connectivity index (χ3n) is 5.10. The Bertz CT molecular complexity index is 851. The van der Waals surface area contributed by atoms with Crippen molar-refractivity contribution < 1.29 is 4.79 Å². The highest BCUT2D eigenvalue weighted by atomic mass is 16.1. The van der Waals surface area contributed by atoms with Crippen molar-refractivity contribution in [1.82, 2.24) is 19.8 Å². The second-order valence-corrected chi connectivity index (χ2v) is 7.03. The summed E-state index contributed by atoms with van der Waals surface area (Å²) >= 11 is 0. The first-order valence-corrected chi connectivity index (χ1v) is 9.43. The maximum atomic E-state index is 12.5. The molecule has 0 spiro atoms. The van der Waals surface area contributed by atoms with Crippen molar-refractivity contribution in [3.63, 3.8) is 0 Å². The second-order valence-electron chi connectivity index (χ2n) is 7.03. The first-order valence-electron chi connectivity index (χ1n) is 9.43. The lowest BCUT2D eigenvalue weighted by Crippen LogP contribution is -2.44. The molecule has 0 radical (unpaired) electrons. The van der Waals surface area contributed by atoms with E-state index in [4.69, 9.17) is 0 Å². The van der Waals surface area contributed by atoms with Crippen LogP contribution in [0.25, 0.3) is 5.69 Å². The second kappa shape index (κ2) is 8.18. The van der Waals surface area contributed by atoms with E-state index in [-0.39, 0.29) is 11.9 Å². The summed E-state index contributed by atoms with van der Waals surface area (Å²) in [7, 11) is 0. The highest BCUT2D eigenvalue weighted by molar-refractivity contribution is 5.94. The molecule has 4 rings (SSSR count). The number of benzene rings is 2. The molecule has 5 nitrogen and oxygen atoms in total. The van der Waals surface area contributed by atoms with E-state index >= 15 is 0 Å². The summed E-state index contributed by atoms with van der Waals surface area (Å²) in [5, 5.41) is 3.19. The normalized spacial score (nSPS) is 15.6. The Morgan fingerprint density at radius 3 is 2.44 bits per heavy atom. The molecule has 27 heavy (non-hydrogen) atoms. The number of rotatable bonds is 5. The first kappa shape index (κ1) is 17.5. The molecule has 1 saturated heterocycles. The van der Waals surface area contributed by atoms with Gasteiger partial charge in [-0.3, -0.25) is 9.69 Å². The van der Waals surface area contributed by atoms with Crippen LogP contribution in [0.2, 0.25) is 0 Å². The number of hydrogen-bond donors (Lipinski definition) is 1. The molecule has 1 N–H and O–H groups in total. The van der Waals surface area contributed by atoms with Crippen LogP contribution in [0.1, 0.15) is 28.8 Å². The lowest BCUT2D eigenvalue weighted by Gasteiger charge is -2.32. The van der Waals surface area contributed by atoms with E-state index in [9.17, 15) is 4.79 Å². The van der Waals surface area contributed by atoms with Gasteiger partial charge in [-0.15, -0.1) is 0 Å². The van der Waals surface area contributed by atoms with Crippen LogP contribution < -0.4 is 5.32 Å². The Morgan fingerprint density at radius 1 is 1.04 bits per heavy atom. The predicted octanol–water partition coefficient (Wildman–Crippen LogP) is 3.27. The number of hydrogen-bond acceptors (Lipinski definition) is 3. The molecule has 5 heteroatoms. The molecule has 0 bridgehead atoms. The molecule has 0 atom stereocenters. The summed E-state index contributed by atoms with van der Waals surface area (Å²) in [4.78, 5) is 19.0. The molecule has 0 saturated carbocycles. The van der Waals surface area contributed by atoms with Crippen LogP contribution in [0.3, 0.4) is 0 Å². The van der Waals surface area contributed by atoms with Crippen LogP contribution >= 0.6 is 0 Å². The fourth-order valence-corrected chi connectivity index (χ4v) is 3.54. The summed E-state index contributed by atoms with van der Waals surface area (Å²) in [5.74, 6) is 0.00805. The smallest absolute Gasteiger partial charge is 0.251 e. The highest BCUT2D eigenvalue weighted by Gasteiger charge is 2.21. The van der Waals surface area contributed by atoms with Gasteiger partial charge in [0.1, 0.15) is 0 Å². The van der Waals surface area contributed by atoms with Crippen LogP contribution in [0, 0.1) is 0 Å². The van der Waals surface area contributed by atoms with E-state index in [0.717, 1.165) is 38.2 Å². The van der Waals surface area contributed by atoms with E-state index in [0.29, 0.717) is 5.56 Å². The molecule has 138 valence electrons. The summed E-state index contributed by atoms with van der Waals surface area (Å²) in [6.45, 7) is 3.01. The molecule has 1 aromatic heterocycles. The lowest BCUT2D eigenvalue weighted by atomic mass is 10.0. The van der Waals surface area contributed by atoms with Gasteiger partial charge in [-0.05, 0) is 42.7 Å². The minimum absolute atomic E-state index is 0.00805. The van der Waals surface area contributed by atoms with Gasteiger partial charge < -0.3 is 9.88 Å². The SMILES string of the molecule is O=C(NC1CCN(Cc2ccccc2)CC1)c1ccc(-n2ccnc2)cc1. The van der Waals surface area contributed by atoms with E-state index in [2.05, 4.69) is 39.5 Å². The number of imidazole rings is 1. The van der Waals surface area contributed by atoms with Gasteiger partial charge in [0.05, 0.1) is 6.33 Å². The first-order chi connectivity index (χ1) is 13.3. The van der Waals surface area contributed by atoms with Crippen LogP contribution in [0.4, 0.5) is 0 Å². The van der Waals surface area contributed by atoms with Gasteiger partial charge in [0.15, 0.2) is 0 Å². The minimum Gasteiger partial charge on any atom is -0.349 e. The Balaban J connectivity index is 1.28. The number of piperidine rings is 1. The monoisotopic (exact) mass is 360 g/mol. The maximum absolute atomic E-state index is 12.5. The fraction of sp³-hybridized carbons (Fsp3) is 0.273. The molecular weight excluding hydrogens is 336 g/mol. The largest absolute Gasteiger partial charge is 0.349 e. The zero-order chi connectivity index (χ0) is 18.5. The van der Waals surface area contributed by atoms with Crippen LogP contribution in [-0.2, 0) is 6.54 Å². The predicted molar refractivity (Wildman–Crippen MR) is 106 cm³/mol. The van der Waals surface area contributed by atoms with Crippen molar-refractivity contribution >= 4 is 5.91 Å². The molecule has 0 unspecified atom stereocenters. The van der Waals surface area contributed by atoms with E-state index in [1.807, 2.05) is 41.1 Å². The van der Waals surface area contributed by atoms with Gasteiger partial charge in [-0.2, -0.15) is 0 Å². The molecule has 0 aliphatic carbocycles. The Kier molecular flexibility index (Phi) is 5.30. The van der Waals surface area contributed by atoms with Crippen LogP contribution in [0.15, 0.2) is 73.3 Å². The molecule has 1 amide bonds. The molecule has 2 aromatic carbocycles. The fourth-order valence-electron chi connectivity index (χ4n) is 3.54. The van der Waals surface area contributed by atoms with Crippen molar-refractivity contribution in [2.75, 3.05) is 13.1 Å². The molecular formula is C22H24N4O. The third kappa shape index (κ3) is 4.44. The van der Waals surface area contributed by atoms with Gasteiger partial charge in [0, 0.05) is 49.3 Å². The summed E-state index contributed by atoms with van der Waals surface area (Å²) < 4.78 is 1.92. The van der Waals surface area contributed by atoms with Crippen molar-refractivity contribution in [3.05, 3.63) is 84.4 Å². The molecule has 3 aromatic rings. The van der Waals surface area contributed by atoms with Gasteiger partial charge in [-0.25, -0.2) is 4.98 Å². The topological polar surface area (TPSA) is 50.2 Å². The number of aromatic nitrogens is 2. The molecule has 2 heterocycles. The minimum atomic E-state index is 0.00805.